The van der Waals surface area contributed by atoms with Crippen molar-refractivity contribution in [1.82, 2.24) is 0 Å². The summed E-state index contributed by atoms with van der Waals surface area (Å²) in [4.78, 5) is 19.7. The number of carbonyl (C=O) groups excluding carboxylic acids is 2. The number of ketones is 2. The SMILES string of the molecule is C[C](C)C=C(C)C.O=C(/C=C(\O)C(F)(F)F)C(F)(F)F.O=C(/C=C(\O)C(F)(F)F)C(F)(F)F.[C-]#[O+].[C-]#[O+].[Rh].[Rh]. The summed E-state index contributed by atoms with van der Waals surface area (Å²) in [6, 6.07) is 0. The van der Waals surface area contributed by atoms with Gasteiger partial charge in [-0.15, -0.1) is 0 Å². The molecule has 0 aliphatic heterocycles. The number of allylic oxidation sites excluding steroid dienone is 6. The molecule has 231 valence electrons. The van der Waals surface area contributed by atoms with Crippen molar-refractivity contribution in [3.05, 3.63) is 54.5 Å². The number of rotatable bonds is 3. The Labute approximate surface area is 239 Å². The summed E-state index contributed by atoms with van der Waals surface area (Å²) >= 11 is 0. The van der Waals surface area contributed by atoms with Crippen LogP contribution >= 0.6 is 0 Å². The first-order chi connectivity index (χ1) is 16.2. The molecular weight excluding hydrogens is 758 g/mol. The predicted molar refractivity (Wildman–Crippen MR) is 97.5 cm³/mol. The zero-order valence-corrected chi connectivity index (χ0v) is 22.7. The number of aliphatic hydroxyl groups excluding tert-OH is 2. The van der Waals surface area contributed by atoms with Gasteiger partial charge in [-0.2, -0.15) is 52.7 Å². The molecule has 0 bridgehead atoms. The molecule has 3 radical (unpaired) electrons. The van der Waals surface area contributed by atoms with E-state index in [0.29, 0.717) is 0 Å². The monoisotopic (exact) mass is 775 g/mol. The van der Waals surface area contributed by atoms with Gasteiger partial charge in [0.05, 0.1) is 0 Å². The van der Waals surface area contributed by atoms with Gasteiger partial charge in [0.25, 0.3) is 11.6 Å². The standard InChI is InChI=1S/C7H13.2C5H2F6O2.2CO.2Rh/c1-6(2)5-7(3)4;2*6-4(7,8)2(12)1-3(13)5(9,10)11;2*1-2;;/h5H,1-4H3;2*1,12H;;;;/b;2*2-1-;;;;. The van der Waals surface area contributed by atoms with Gasteiger partial charge in [-0.25, -0.2) is 0 Å². The molecule has 0 atom stereocenters. The van der Waals surface area contributed by atoms with Crippen molar-refractivity contribution in [2.45, 2.75) is 52.4 Å². The molecule has 0 saturated carbocycles. The number of carbonyl (C=O) groups is 2. The van der Waals surface area contributed by atoms with Crippen molar-refractivity contribution >= 4 is 11.6 Å². The van der Waals surface area contributed by atoms with Gasteiger partial charge in [-0.05, 0) is 19.8 Å². The third-order valence-corrected chi connectivity index (χ3v) is 2.25. The van der Waals surface area contributed by atoms with Crippen LogP contribution in [0.15, 0.2) is 35.3 Å². The fourth-order valence-corrected chi connectivity index (χ4v) is 1.15. The van der Waals surface area contributed by atoms with E-state index in [-0.39, 0.29) is 39.0 Å². The van der Waals surface area contributed by atoms with Gasteiger partial charge in [-0.1, -0.05) is 25.5 Å². The van der Waals surface area contributed by atoms with Crippen LogP contribution in [0.4, 0.5) is 52.7 Å². The van der Waals surface area contributed by atoms with E-state index in [1.54, 1.807) is 0 Å². The minimum Gasteiger partial charge on any atom is 0 e. The molecule has 0 heterocycles. The van der Waals surface area contributed by atoms with Crippen molar-refractivity contribution in [3.8, 4) is 0 Å². The first kappa shape index (κ1) is 53.3. The van der Waals surface area contributed by atoms with Crippen LogP contribution in [-0.4, -0.2) is 46.5 Å². The first-order valence-corrected chi connectivity index (χ1v) is 8.26. The average molecular weight is 775 g/mol. The molecule has 0 aromatic carbocycles. The maximum absolute atomic E-state index is 11.4. The van der Waals surface area contributed by atoms with Crippen LogP contribution in [-0.2, 0) is 57.8 Å². The van der Waals surface area contributed by atoms with Crippen LogP contribution in [0, 0.1) is 19.2 Å². The second kappa shape index (κ2) is 23.9. The van der Waals surface area contributed by atoms with Crippen LogP contribution in [0.1, 0.15) is 27.7 Å². The summed E-state index contributed by atoms with van der Waals surface area (Å²) < 4.78 is 151. The number of hydrogen-bond donors (Lipinski definition) is 2. The van der Waals surface area contributed by atoms with E-state index in [4.69, 9.17) is 19.5 Å². The third kappa shape index (κ3) is 36.0. The van der Waals surface area contributed by atoms with E-state index in [1.807, 2.05) is 0 Å². The molecular formula is C19H17F12O6Rh2. The van der Waals surface area contributed by atoms with E-state index in [0.717, 1.165) is 0 Å². The molecule has 0 spiro atoms. The van der Waals surface area contributed by atoms with Crippen molar-refractivity contribution < 1.29 is 121 Å². The molecule has 0 amide bonds. The van der Waals surface area contributed by atoms with Crippen molar-refractivity contribution in [3.63, 3.8) is 0 Å². The fourth-order valence-electron chi connectivity index (χ4n) is 1.15. The topological polar surface area (TPSA) is 114 Å². The molecule has 2 N–H and O–H groups in total. The molecule has 0 saturated heterocycles. The van der Waals surface area contributed by atoms with Crippen LogP contribution in [0.5, 0.6) is 0 Å². The average Bonchev–Trinajstić information content (AvgIpc) is 2.68. The van der Waals surface area contributed by atoms with Crippen LogP contribution in [0.2, 0.25) is 0 Å². The molecule has 0 fully saturated rings. The Morgan fingerprint density at radius 3 is 0.821 bits per heavy atom. The summed E-state index contributed by atoms with van der Waals surface area (Å²) in [5, 5.41) is 15.9. The minimum absolute atomic E-state index is 0. The molecule has 39 heavy (non-hydrogen) atoms. The quantitative estimate of drug-likeness (QED) is 0.0827. The zero-order valence-electron chi connectivity index (χ0n) is 19.5. The van der Waals surface area contributed by atoms with E-state index < -0.39 is 59.9 Å². The molecule has 0 aliphatic carbocycles. The first-order valence-electron chi connectivity index (χ1n) is 8.26. The zero-order chi connectivity index (χ0) is 31.6. The van der Waals surface area contributed by atoms with E-state index in [2.05, 4.69) is 47.1 Å². The summed E-state index contributed by atoms with van der Waals surface area (Å²) in [6.07, 6.45) is -21.2. The number of hydrogen-bond acceptors (Lipinski definition) is 4. The Morgan fingerprint density at radius 1 is 0.538 bits per heavy atom. The van der Waals surface area contributed by atoms with E-state index in [9.17, 15) is 62.3 Å². The Balaban J connectivity index is -0.0000000745. The maximum Gasteiger partial charge on any atom is 0 e. The molecule has 0 unspecified atom stereocenters. The number of halogens is 12. The predicted octanol–water partition coefficient (Wildman–Crippen LogP) is 6.73. The fraction of sp³-hybridized carbons (Fsp3) is 0.421. The minimum atomic E-state index is -5.42. The Hall–Kier alpha value is -1.95. The van der Waals surface area contributed by atoms with Gasteiger partial charge in [0, 0.05) is 51.1 Å². The van der Waals surface area contributed by atoms with Gasteiger partial charge in [0.2, 0.25) is 11.5 Å². The van der Waals surface area contributed by atoms with E-state index in [1.165, 1.54) is 11.5 Å². The summed E-state index contributed by atoms with van der Waals surface area (Å²) in [6.45, 7) is 17.4. The molecule has 0 aliphatic rings. The second-order valence-electron chi connectivity index (χ2n) is 6.08. The summed E-state index contributed by atoms with van der Waals surface area (Å²) in [7, 11) is 0. The normalized spacial score (nSPS) is 11.4. The summed E-state index contributed by atoms with van der Waals surface area (Å²) in [5.41, 5.74) is 1.38. The second-order valence-corrected chi connectivity index (χ2v) is 6.08. The third-order valence-electron chi connectivity index (χ3n) is 2.25. The number of alkyl halides is 12. The smallest absolute Gasteiger partial charge is 0 e. The molecule has 0 aromatic heterocycles. The molecule has 0 rings (SSSR count). The van der Waals surface area contributed by atoms with Crippen molar-refractivity contribution in [2.75, 3.05) is 0 Å². The van der Waals surface area contributed by atoms with Crippen molar-refractivity contribution in [2.24, 2.45) is 0 Å². The maximum atomic E-state index is 11.4. The number of aliphatic hydroxyl groups is 2. The molecule has 0 aromatic rings. The molecule has 6 nitrogen and oxygen atoms in total. The Kier molecular flexibility index (Phi) is 32.7. The van der Waals surface area contributed by atoms with Gasteiger partial charge in [0.1, 0.15) is 0 Å². The van der Waals surface area contributed by atoms with Crippen molar-refractivity contribution in [1.29, 1.82) is 0 Å². The van der Waals surface area contributed by atoms with Crippen LogP contribution in [0.3, 0.4) is 0 Å². The summed E-state index contributed by atoms with van der Waals surface area (Å²) in [5.74, 6) is -9.30. The van der Waals surface area contributed by atoms with Gasteiger partial charge < -0.3 is 10.2 Å². The van der Waals surface area contributed by atoms with E-state index >= 15 is 0 Å². The van der Waals surface area contributed by atoms with Crippen LogP contribution in [0.25, 0.3) is 0 Å². The van der Waals surface area contributed by atoms with Gasteiger partial charge >= 0.3 is 47.3 Å². The Morgan fingerprint density at radius 2 is 0.744 bits per heavy atom. The Bertz CT molecular complexity index is 770. The van der Waals surface area contributed by atoms with Crippen LogP contribution < -0.4 is 0 Å². The largest absolute Gasteiger partial charge is 0 e. The molecule has 20 heteroatoms. The van der Waals surface area contributed by atoms with Gasteiger partial charge in [0.15, 0.2) is 0 Å². The van der Waals surface area contributed by atoms with Gasteiger partial charge in [-0.3, -0.25) is 9.59 Å².